The van der Waals surface area contributed by atoms with Crippen LogP contribution >= 0.6 is 0 Å². The Labute approximate surface area is 102 Å². The van der Waals surface area contributed by atoms with Crippen molar-refractivity contribution < 1.29 is 14.6 Å². The Morgan fingerprint density at radius 1 is 1.41 bits per heavy atom. The van der Waals surface area contributed by atoms with Crippen molar-refractivity contribution in [1.29, 1.82) is 0 Å². The normalized spacial score (nSPS) is 10.2. The molecule has 94 valence electrons. The van der Waals surface area contributed by atoms with Crippen molar-refractivity contribution in [2.75, 3.05) is 19.7 Å². The van der Waals surface area contributed by atoms with Crippen LogP contribution in [0.4, 0.5) is 0 Å². The summed E-state index contributed by atoms with van der Waals surface area (Å²) in [6.07, 6.45) is 1.03. The van der Waals surface area contributed by atoms with Crippen LogP contribution < -0.4 is 10.1 Å². The molecule has 0 aliphatic heterocycles. The van der Waals surface area contributed by atoms with Crippen molar-refractivity contribution >= 4 is 5.97 Å². The molecule has 0 radical (unpaired) electrons. The zero-order valence-corrected chi connectivity index (χ0v) is 10.1. The molecule has 0 unspecified atom stereocenters. The number of aliphatic carboxylic acids is 1. The molecule has 0 atom stereocenters. The predicted octanol–water partition coefficient (Wildman–Crippen LogP) is 1.83. The lowest BCUT2D eigenvalue weighted by atomic mass is 10.2. The van der Waals surface area contributed by atoms with Crippen LogP contribution in [0.2, 0.25) is 0 Å². The molecule has 17 heavy (non-hydrogen) atoms. The summed E-state index contributed by atoms with van der Waals surface area (Å²) in [5.41, 5.74) is 1.18. The Morgan fingerprint density at radius 2 is 2.24 bits per heavy atom. The zero-order chi connectivity index (χ0) is 12.5. The van der Waals surface area contributed by atoms with Crippen molar-refractivity contribution in [3.63, 3.8) is 0 Å². The van der Waals surface area contributed by atoms with E-state index in [1.54, 1.807) is 0 Å². The van der Waals surface area contributed by atoms with Gasteiger partial charge in [-0.25, -0.2) is 0 Å². The van der Waals surface area contributed by atoms with E-state index in [9.17, 15) is 4.79 Å². The fraction of sp³-hybridized carbons (Fsp3) is 0.462. The van der Waals surface area contributed by atoms with Crippen molar-refractivity contribution in [2.24, 2.45) is 0 Å². The Morgan fingerprint density at radius 3 is 2.94 bits per heavy atom. The molecule has 1 rings (SSSR count). The average Bonchev–Trinajstić information content (AvgIpc) is 2.27. The van der Waals surface area contributed by atoms with Crippen molar-refractivity contribution in [2.45, 2.75) is 19.8 Å². The van der Waals surface area contributed by atoms with Crippen molar-refractivity contribution in [3.05, 3.63) is 29.8 Å². The summed E-state index contributed by atoms with van der Waals surface area (Å²) >= 11 is 0. The molecule has 0 aliphatic carbocycles. The maximum absolute atomic E-state index is 10.2. The average molecular weight is 237 g/mol. The minimum absolute atomic E-state index is 0.165. The molecule has 0 fully saturated rings. The molecule has 0 saturated carbocycles. The summed E-state index contributed by atoms with van der Waals surface area (Å²) in [5, 5.41) is 11.5. The summed E-state index contributed by atoms with van der Waals surface area (Å²) in [4.78, 5) is 10.2. The topological polar surface area (TPSA) is 58.6 Å². The Kier molecular flexibility index (Phi) is 6.10. The number of benzene rings is 1. The van der Waals surface area contributed by atoms with Crippen LogP contribution in [0, 0.1) is 6.92 Å². The van der Waals surface area contributed by atoms with Crippen LogP contribution in [-0.2, 0) is 4.79 Å². The number of hydrogen-bond donors (Lipinski definition) is 2. The second-order valence-corrected chi connectivity index (χ2v) is 3.91. The Bertz CT molecular complexity index is 352. The van der Waals surface area contributed by atoms with E-state index in [0.29, 0.717) is 13.2 Å². The maximum atomic E-state index is 10.2. The fourth-order valence-electron chi connectivity index (χ4n) is 1.41. The van der Waals surface area contributed by atoms with E-state index in [4.69, 9.17) is 9.84 Å². The molecule has 0 saturated heterocycles. The number of rotatable bonds is 8. The smallest absolute Gasteiger partial charge is 0.304 e. The maximum Gasteiger partial charge on any atom is 0.304 e. The van der Waals surface area contributed by atoms with E-state index in [0.717, 1.165) is 18.7 Å². The number of aryl methyl sites for hydroxylation is 1. The monoisotopic (exact) mass is 237 g/mol. The van der Waals surface area contributed by atoms with Gasteiger partial charge in [-0.1, -0.05) is 12.1 Å². The number of hydrogen-bond acceptors (Lipinski definition) is 3. The Balaban J connectivity index is 2.03. The molecule has 0 spiro atoms. The van der Waals surface area contributed by atoms with Crippen molar-refractivity contribution in [1.82, 2.24) is 5.32 Å². The van der Waals surface area contributed by atoms with Crippen LogP contribution in [0.15, 0.2) is 24.3 Å². The first kappa shape index (κ1) is 13.5. The quantitative estimate of drug-likeness (QED) is 0.677. The van der Waals surface area contributed by atoms with E-state index < -0.39 is 5.97 Å². The summed E-state index contributed by atoms with van der Waals surface area (Å²) in [6.45, 7) is 3.96. The van der Waals surface area contributed by atoms with Crippen LogP contribution in [-0.4, -0.2) is 30.8 Å². The van der Waals surface area contributed by atoms with Gasteiger partial charge in [0.1, 0.15) is 5.75 Å². The number of ether oxygens (including phenoxy) is 1. The molecule has 4 heteroatoms. The van der Waals surface area contributed by atoms with Gasteiger partial charge in [-0.15, -0.1) is 0 Å². The number of carboxylic acids is 1. The van der Waals surface area contributed by atoms with Gasteiger partial charge in [0.15, 0.2) is 0 Å². The summed E-state index contributed by atoms with van der Waals surface area (Å²) < 4.78 is 5.56. The third kappa shape index (κ3) is 6.58. The lowest BCUT2D eigenvalue weighted by Crippen LogP contribution is -2.20. The largest absolute Gasteiger partial charge is 0.494 e. The minimum atomic E-state index is -0.770. The highest BCUT2D eigenvalue weighted by atomic mass is 16.5. The molecule has 0 amide bonds. The van der Waals surface area contributed by atoms with E-state index >= 15 is 0 Å². The van der Waals surface area contributed by atoms with Crippen LogP contribution in [0.5, 0.6) is 5.75 Å². The molecule has 0 aliphatic rings. The van der Waals surface area contributed by atoms with Gasteiger partial charge in [-0.2, -0.15) is 0 Å². The molecule has 0 aromatic heterocycles. The second-order valence-electron chi connectivity index (χ2n) is 3.91. The highest BCUT2D eigenvalue weighted by Gasteiger charge is 1.96. The van der Waals surface area contributed by atoms with Crippen LogP contribution in [0.3, 0.4) is 0 Å². The first-order chi connectivity index (χ1) is 8.18. The second kappa shape index (κ2) is 7.68. The third-order valence-corrected chi connectivity index (χ3v) is 2.27. The summed E-state index contributed by atoms with van der Waals surface area (Å²) in [7, 11) is 0. The molecule has 2 N–H and O–H groups in total. The molecule has 4 nitrogen and oxygen atoms in total. The van der Waals surface area contributed by atoms with Gasteiger partial charge in [0.05, 0.1) is 13.0 Å². The van der Waals surface area contributed by atoms with Gasteiger partial charge in [0.25, 0.3) is 0 Å². The molecule has 0 heterocycles. The van der Waals surface area contributed by atoms with Gasteiger partial charge in [-0.3, -0.25) is 4.79 Å². The zero-order valence-electron chi connectivity index (χ0n) is 10.1. The predicted molar refractivity (Wildman–Crippen MR) is 66.4 cm³/mol. The first-order valence-electron chi connectivity index (χ1n) is 5.80. The van der Waals surface area contributed by atoms with Gasteiger partial charge in [-0.05, 0) is 37.6 Å². The number of carboxylic acid groups (broad SMARTS) is 1. The standard InChI is InChI=1S/C13H19NO3/c1-11-4-2-5-12(10-11)17-9-3-7-14-8-6-13(15)16/h2,4-5,10,14H,3,6-9H2,1H3,(H,15,16). The van der Waals surface area contributed by atoms with E-state index in [1.807, 2.05) is 31.2 Å². The lowest BCUT2D eigenvalue weighted by Gasteiger charge is -2.07. The lowest BCUT2D eigenvalue weighted by molar-refractivity contribution is -0.136. The SMILES string of the molecule is Cc1cccc(OCCCNCCC(=O)O)c1. The van der Waals surface area contributed by atoms with Gasteiger partial charge >= 0.3 is 5.97 Å². The van der Waals surface area contributed by atoms with Gasteiger partial charge in [0.2, 0.25) is 0 Å². The van der Waals surface area contributed by atoms with Crippen LogP contribution in [0.25, 0.3) is 0 Å². The molecule has 1 aromatic carbocycles. The summed E-state index contributed by atoms with van der Waals surface area (Å²) in [6, 6.07) is 7.93. The van der Waals surface area contributed by atoms with Crippen molar-refractivity contribution in [3.8, 4) is 5.75 Å². The molecular weight excluding hydrogens is 218 g/mol. The molecule has 1 aromatic rings. The highest BCUT2D eigenvalue weighted by molar-refractivity contribution is 5.66. The molecular formula is C13H19NO3. The number of carbonyl (C=O) groups is 1. The Hall–Kier alpha value is -1.55. The van der Waals surface area contributed by atoms with E-state index in [2.05, 4.69) is 5.32 Å². The van der Waals surface area contributed by atoms with E-state index in [1.165, 1.54) is 5.56 Å². The minimum Gasteiger partial charge on any atom is -0.494 e. The van der Waals surface area contributed by atoms with Gasteiger partial charge in [0, 0.05) is 6.54 Å². The fourth-order valence-corrected chi connectivity index (χ4v) is 1.41. The highest BCUT2D eigenvalue weighted by Crippen LogP contribution is 2.12. The van der Waals surface area contributed by atoms with Gasteiger partial charge < -0.3 is 15.2 Å². The third-order valence-electron chi connectivity index (χ3n) is 2.27. The van der Waals surface area contributed by atoms with Crippen LogP contribution in [0.1, 0.15) is 18.4 Å². The molecule has 0 bridgehead atoms. The van der Waals surface area contributed by atoms with E-state index in [-0.39, 0.29) is 6.42 Å². The number of nitrogens with one attached hydrogen (secondary N) is 1. The first-order valence-corrected chi connectivity index (χ1v) is 5.80. The summed E-state index contributed by atoms with van der Waals surface area (Å²) in [5.74, 6) is 0.115.